The largest absolute Gasteiger partial charge is 0.408 e. The minimum Gasteiger partial charge on any atom is -0.408 e. The fourth-order valence-corrected chi connectivity index (χ4v) is 6.87. The van der Waals surface area contributed by atoms with E-state index in [0.717, 1.165) is 17.9 Å². The number of alkyl halides is 1. The van der Waals surface area contributed by atoms with Crippen LogP contribution in [0.3, 0.4) is 0 Å². The number of piperazine rings is 1. The number of hydrogen-bond donors (Lipinski definition) is 3. The molecule has 2 rings (SSSR count). The van der Waals surface area contributed by atoms with Gasteiger partial charge in [-0.05, 0) is 63.7 Å². The molecule has 0 saturated carbocycles. The van der Waals surface area contributed by atoms with E-state index >= 15 is 4.39 Å². The molecule has 242 valence electrons. The maximum Gasteiger partial charge on any atom is 0.237 e. The monoisotopic (exact) mass is 603 g/mol. The normalized spacial score (nSPS) is 23.9. The van der Waals surface area contributed by atoms with Gasteiger partial charge >= 0.3 is 0 Å². The molecule has 9 atom stereocenters. The fraction of sp³-hybridized carbons (Fsp3) is 0.667. The third-order valence-corrected chi connectivity index (χ3v) is 9.66. The first-order chi connectivity index (χ1) is 20.2. The summed E-state index contributed by atoms with van der Waals surface area (Å²) in [5.41, 5.74) is -0.972. The van der Waals surface area contributed by atoms with Crippen molar-refractivity contribution in [3.8, 4) is 0 Å². The molecule has 0 bridgehead atoms. The predicted molar refractivity (Wildman–Crippen MR) is 168 cm³/mol. The summed E-state index contributed by atoms with van der Waals surface area (Å²) < 4.78 is 16.8. The topological polar surface area (TPSA) is 117 Å². The Labute approximate surface area is 257 Å². The maximum atomic E-state index is 16.8. The minimum absolute atomic E-state index is 0.0998. The number of amides is 1. The summed E-state index contributed by atoms with van der Waals surface area (Å²) in [4.78, 5) is 45.7. The number of benzene rings is 1. The zero-order valence-electron chi connectivity index (χ0n) is 27.4. The number of hydrogen-bond acceptors (Lipinski definition) is 8. The van der Waals surface area contributed by atoms with Gasteiger partial charge in [-0.2, -0.15) is 5.90 Å². The standard InChI is InChI=1S/C33H54FN5O4/c1-21(2)23(4)30(20-41)39(9)17-27(36-7)24(5)31(33(6,34)16-26(19-40)43-35)22(3)15-29-32(42)37-28(18-38(29)8)25-13-11-10-12-14-25/h10-14,16,19-24,27-31,36H,15,17-18,35H2,1-9H3,(H,37,42)/b26-16-. The second kappa shape index (κ2) is 16.4. The van der Waals surface area contributed by atoms with E-state index in [9.17, 15) is 14.4 Å². The number of aldehydes is 2. The highest BCUT2D eigenvalue weighted by Gasteiger charge is 2.45. The molecule has 0 aromatic heterocycles. The molecule has 1 aliphatic rings. The Morgan fingerprint density at radius 1 is 1.21 bits per heavy atom. The molecule has 9 nitrogen and oxygen atoms in total. The molecule has 1 amide bonds. The molecule has 1 heterocycles. The number of halogens is 1. The quantitative estimate of drug-likeness (QED) is 0.107. The molecule has 0 aliphatic carbocycles. The van der Waals surface area contributed by atoms with E-state index in [2.05, 4.69) is 36.2 Å². The molecule has 1 fully saturated rings. The van der Waals surface area contributed by atoms with Crippen LogP contribution in [0.4, 0.5) is 4.39 Å². The van der Waals surface area contributed by atoms with Gasteiger partial charge in [0.25, 0.3) is 0 Å². The van der Waals surface area contributed by atoms with Crippen molar-refractivity contribution >= 4 is 18.5 Å². The van der Waals surface area contributed by atoms with Gasteiger partial charge in [0.15, 0.2) is 12.0 Å². The summed E-state index contributed by atoms with van der Waals surface area (Å²) in [6.45, 7) is 12.7. The Balaban J connectivity index is 2.38. The van der Waals surface area contributed by atoms with Crippen LogP contribution in [0.25, 0.3) is 0 Å². The van der Waals surface area contributed by atoms with Crippen molar-refractivity contribution in [1.82, 2.24) is 20.4 Å². The number of likely N-dealkylation sites (N-methyl/N-ethyl adjacent to an activating group) is 3. The van der Waals surface area contributed by atoms with Crippen LogP contribution in [0, 0.1) is 29.6 Å². The number of allylic oxidation sites excluding steroid dienone is 2. The van der Waals surface area contributed by atoms with Crippen LogP contribution in [0.5, 0.6) is 0 Å². The smallest absolute Gasteiger partial charge is 0.237 e. The first-order valence-corrected chi connectivity index (χ1v) is 15.3. The Morgan fingerprint density at radius 2 is 1.84 bits per heavy atom. The highest BCUT2D eigenvalue weighted by molar-refractivity contribution is 5.83. The SMILES string of the molecule is CNC(CN(C)C(C=O)C(C)C(C)C)C(C)C(C(C)CC1C(=O)NC(c2ccccc2)CN1C)C(C)(F)/C=C(/C=O)ON. The number of carbonyl (C=O) groups excluding carboxylic acids is 3. The molecule has 43 heavy (non-hydrogen) atoms. The average molecular weight is 604 g/mol. The first kappa shape index (κ1) is 36.5. The Morgan fingerprint density at radius 3 is 2.33 bits per heavy atom. The molecular weight excluding hydrogens is 549 g/mol. The van der Waals surface area contributed by atoms with E-state index in [1.165, 1.54) is 6.92 Å². The molecule has 4 N–H and O–H groups in total. The number of carbonyl (C=O) groups is 3. The van der Waals surface area contributed by atoms with Crippen molar-refractivity contribution in [2.24, 2.45) is 35.5 Å². The second-order valence-corrected chi connectivity index (χ2v) is 13.0. The van der Waals surface area contributed by atoms with Crippen molar-refractivity contribution < 1.29 is 23.6 Å². The lowest BCUT2D eigenvalue weighted by Gasteiger charge is -2.45. The zero-order chi connectivity index (χ0) is 32.5. The molecule has 0 spiro atoms. The summed E-state index contributed by atoms with van der Waals surface area (Å²) in [7, 11) is 5.67. The van der Waals surface area contributed by atoms with E-state index in [4.69, 9.17) is 5.90 Å². The second-order valence-electron chi connectivity index (χ2n) is 13.0. The van der Waals surface area contributed by atoms with Gasteiger partial charge in [-0.25, -0.2) is 4.39 Å². The lowest BCUT2D eigenvalue weighted by molar-refractivity contribution is -0.131. The molecule has 10 heteroatoms. The highest BCUT2D eigenvalue weighted by Crippen LogP contribution is 2.41. The average Bonchev–Trinajstić information content (AvgIpc) is 2.96. The van der Waals surface area contributed by atoms with Crippen LogP contribution in [0.2, 0.25) is 0 Å². The van der Waals surface area contributed by atoms with Crippen molar-refractivity contribution in [3.63, 3.8) is 0 Å². The zero-order valence-corrected chi connectivity index (χ0v) is 27.4. The molecule has 1 aromatic carbocycles. The third kappa shape index (κ3) is 9.41. The predicted octanol–water partition coefficient (Wildman–Crippen LogP) is 3.52. The van der Waals surface area contributed by atoms with Crippen LogP contribution < -0.4 is 16.5 Å². The van der Waals surface area contributed by atoms with Crippen molar-refractivity contribution in [3.05, 3.63) is 47.7 Å². The van der Waals surface area contributed by atoms with Crippen LogP contribution >= 0.6 is 0 Å². The van der Waals surface area contributed by atoms with Gasteiger partial charge in [-0.3, -0.25) is 19.4 Å². The Kier molecular flexibility index (Phi) is 14.0. The summed E-state index contributed by atoms with van der Waals surface area (Å²) in [5, 5.41) is 6.51. The maximum absolute atomic E-state index is 16.8. The van der Waals surface area contributed by atoms with Crippen LogP contribution in [-0.4, -0.2) is 86.3 Å². The Bertz CT molecular complexity index is 1070. The minimum atomic E-state index is -2.01. The fourth-order valence-electron chi connectivity index (χ4n) is 6.87. The van der Waals surface area contributed by atoms with Gasteiger partial charge in [0.2, 0.25) is 5.91 Å². The van der Waals surface area contributed by atoms with E-state index in [0.29, 0.717) is 31.7 Å². The number of nitrogens with two attached hydrogens (primary N) is 1. The van der Waals surface area contributed by atoms with Crippen LogP contribution in [0.1, 0.15) is 59.6 Å². The lowest BCUT2D eigenvalue weighted by Crippen LogP contribution is -2.57. The molecule has 1 saturated heterocycles. The number of nitrogens with zero attached hydrogens (tertiary/aromatic N) is 2. The number of rotatable bonds is 17. The van der Waals surface area contributed by atoms with Gasteiger partial charge in [0, 0.05) is 31.1 Å². The van der Waals surface area contributed by atoms with Crippen LogP contribution in [-0.2, 0) is 19.2 Å². The van der Waals surface area contributed by atoms with Crippen molar-refractivity contribution in [2.75, 3.05) is 34.2 Å². The van der Waals surface area contributed by atoms with Crippen molar-refractivity contribution in [1.29, 1.82) is 0 Å². The van der Waals surface area contributed by atoms with Gasteiger partial charge < -0.3 is 20.3 Å². The van der Waals surface area contributed by atoms with Gasteiger partial charge in [-0.1, -0.05) is 65.0 Å². The Hall–Kier alpha value is -2.66. The van der Waals surface area contributed by atoms with Gasteiger partial charge in [0.1, 0.15) is 12.0 Å². The summed E-state index contributed by atoms with van der Waals surface area (Å²) in [6, 6.07) is 8.75. The highest BCUT2D eigenvalue weighted by atomic mass is 19.1. The first-order valence-electron chi connectivity index (χ1n) is 15.3. The van der Waals surface area contributed by atoms with E-state index in [-0.39, 0.29) is 47.5 Å². The van der Waals surface area contributed by atoms with E-state index in [1.54, 1.807) is 0 Å². The summed E-state index contributed by atoms with van der Waals surface area (Å²) >= 11 is 0. The van der Waals surface area contributed by atoms with Gasteiger partial charge in [-0.15, -0.1) is 0 Å². The van der Waals surface area contributed by atoms with E-state index < -0.39 is 17.6 Å². The third-order valence-electron chi connectivity index (χ3n) is 9.66. The summed E-state index contributed by atoms with van der Waals surface area (Å²) in [6.07, 6.45) is 2.92. The van der Waals surface area contributed by atoms with Gasteiger partial charge in [0.05, 0.1) is 18.1 Å². The van der Waals surface area contributed by atoms with E-state index in [1.807, 2.05) is 75.1 Å². The van der Waals surface area contributed by atoms with Crippen molar-refractivity contribution in [2.45, 2.75) is 77.8 Å². The summed E-state index contributed by atoms with van der Waals surface area (Å²) in [5.74, 6) is 4.10. The number of nitrogens with one attached hydrogen (secondary N) is 2. The molecule has 1 aromatic rings. The van der Waals surface area contributed by atoms with Crippen LogP contribution in [0.15, 0.2) is 42.2 Å². The molecule has 1 aliphatic heterocycles. The molecular formula is C33H54FN5O4. The molecule has 9 unspecified atom stereocenters. The molecule has 0 radical (unpaired) electrons. The lowest BCUT2D eigenvalue weighted by atomic mass is 9.68.